The monoisotopic (exact) mass is 554 g/mol. The Bertz CT molecular complexity index is 1050. The number of carbonyl (C=O) groups is 2. The van der Waals surface area contributed by atoms with Crippen LogP contribution in [0.4, 0.5) is 0 Å². The number of hydrogen-bond acceptors (Lipinski definition) is 4. The molecule has 0 atom stereocenters. The van der Waals surface area contributed by atoms with Crippen LogP contribution in [-0.2, 0) is 38.7 Å². The van der Waals surface area contributed by atoms with E-state index in [1.165, 1.54) is 12.1 Å². The SMILES string of the molecule is CC(C)(C)c1ccc(C(=O)O)c([O-])c1C(C)(C)C.CC(C)(C)c1ccc(C(=O)O)c([O-])c1C(C)(C)C.[Fe+2]. The molecule has 0 aliphatic rings. The molecule has 6 nitrogen and oxygen atoms in total. The van der Waals surface area contributed by atoms with E-state index in [2.05, 4.69) is 0 Å². The first-order valence-corrected chi connectivity index (χ1v) is 12.1. The molecule has 0 amide bonds. The quantitative estimate of drug-likeness (QED) is 0.433. The summed E-state index contributed by atoms with van der Waals surface area (Å²) in [5.74, 6) is -3.04. The molecule has 0 aliphatic heterocycles. The Morgan fingerprint density at radius 3 is 0.946 bits per heavy atom. The molecular formula is C30H42FeO6. The van der Waals surface area contributed by atoms with Gasteiger partial charge in [0.15, 0.2) is 0 Å². The van der Waals surface area contributed by atoms with Gasteiger partial charge in [-0.3, -0.25) is 0 Å². The molecule has 0 saturated carbocycles. The van der Waals surface area contributed by atoms with Crippen LogP contribution < -0.4 is 10.2 Å². The summed E-state index contributed by atoms with van der Waals surface area (Å²) in [6.45, 7) is 23.8. The van der Waals surface area contributed by atoms with Gasteiger partial charge in [0.2, 0.25) is 0 Å². The predicted molar refractivity (Wildman–Crippen MR) is 140 cm³/mol. The van der Waals surface area contributed by atoms with Gasteiger partial charge in [-0.05, 0) is 56.0 Å². The van der Waals surface area contributed by atoms with Gasteiger partial charge in [-0.1, -0.05) is 107 Å². The van der Waals surface area contributed by atoms with E-state index < -0.39 is 11.9 Å². The molecule has 206 valence electrons. The van der Waals surface area contributed by atoms with Gasteiger partial charge in [0.05, 0.1) is 11.1 Å². The maximum absolute atomic E-state index is 12.3. The zero-order valence-electron chi connectivity index (χ0n) is 24.2. The second-order valence-electron chi connectivity index (χ2n) is 13.3. The first-order valence-electron chi connectivity index (χ1n) is 12.1. The third-order valence-corrected chi connectivity index (χ3v) is 5.89. The largest absolute Gasteiger partial charge is 2.00 e. The fourth-order valence-electron chi connectivity index (χ4n) is 4.24. The number of benzene rings is 2. The topological polar surface area (TPSA) is 121 Å². The minimum atomic E-state index is -1.16. The molecule has 2 N–H and O–H groups in total. The predicted octanol–water partition coefficient (Wildman–Crippen LogP) is 6.10. The van der Waals surface area contributed by atoms with Crippen molar-refractivity contribution in [3.63, 3.8) is 0 Å². The van der Waals surface area contributed by atoms with Crippen molar-refractivity contribution in [1.82, 2.24) is 0 Å². The summed E-state index contributed by atoms with van der Waals surface area (Å²) in [6, 6.07) is 6.37. The first kappa shape index (κ1) is 34.5. The van der Waals surface area contributed by atoms with E-state index in [4.69, 9.17) is 10.2 Å². The summed E-state index contributed by atoms with van der Waals surface area (Å²) in [6.07, 6.45) is 0. The van der Waals surface area contributed by atoms with E-state index in [1.807, 2.05) is 83.1 Å². The minimum Gasteiger partial charge on any atom is -0.872 e. The summed E-state index contributed by atoms with van der Waals surface area (Å²) < 4.78 is 0. The van der Waals surface area contributed by atoms with Gasteiger partial charge in [-0.15, -0.1) is 0 Å². The van der Waals surface area contributed by atoms with Gasteiger partial charge in [-0.25, -0.2) is 9.59 Å². The van der Waals surface area contributed by atoms with Gasteiger partial charge in [-0.2, -0.15) is 0 Å². The Morgan fingerprint density at radius 1 is 0.541 bits per heavy atom. The molecule has 0 saturated heterocycles. The van der Waals surface area contributed by atoms with Gasteiger partial charge >= 0.3 is 29.0 Å². The zero-order chi connectivity index (χ0) is 28.6. The van der Waals surface area contributed by atoms with Crippen molar-refractivity contribution in [3.05, 3.63) is 57.6 Å². The van der Waals surface area contributed by atoms with Crippen molar-refractivity contribution in [2.45, 2.75) is 105 Å². The van der Waals surface area contributed by atoms with E-state index in [9.17, 15) is 19.8 Å². The average Bonchev–Trinajstić information content (AvgIpc) is 2.63. The average molecular weight is 555 g/mol. The van der Waals surface area contributed by atoms with E-state index in [0.29, 0.717) is 11.1 Å². The second-order valence-corrected chi connectivity index (χ2v) is 13.3. The van der Waals surface area contributed by atoms with Crippen molar-refractivity contribution in [2.75, 3.05) is 0 Å². The Balaban J connectivity index is 0.000000682. The fraction of sp³-hybridized carbons (Fsp3) is 0.533. The van der Waals surface area contributed by atoms with E-state index in [0.717, 1.165) is 11.1 Å². The van der Waals surface area contributed by atoms with Crippen LogP contribution in [0.1, 0.15) is 126 Å². The molecule has 0 radical (unpaired) electrons. The van der Waals surface area contributed by atoms with Gasteiger partial charge in [0, 0.05) is 0 Å². The molecule has 7 heteroatoms. The summed E-state index contributed by atoms with van der Waals surface area (Å²) in [4.78, 5) is 22.1. The Morgan fingerprint density at radius 2 is 0.784 bits per heavy atom. The van der Waals surface area contributed by atoms with Crippen LogP contribution in [0.25, 0.3) is 0 Å². The van der Waals surface area contributed by atoms with Crippen LogP contribution in [0.2, 0.25) is 0 Å². The van der Waals surface area contributed by atoms with Crippen molar-refractivity contribution < 1.29 is 47.1 Å². The summed E-state index contributed by atoms with van der Waals surface area (Å²) in [5.41, 5.74) is 1.66. The fourth-order valence-corrected chi connectivity index (χ4v) is 4.24. The van der Waals surface area contributed by atoms with E-state index in [-0.39, 0.29) is 61.4 Å². The smallest absolute Gasteiger partial charge is 0.872 e. The van der Waals surface area contributed by atoms with Crippen LogP contribution in [0, 0.1) is 0 Å². The van der Waals surface area contributed by atoms with Crippen LogP contribution in [0.3, 0.4) is 0 Å². The van der Waals surface area contributed by atoms with E-state index >= 15 is 0 Å². The third kappa shape index (κ3) is 8.24. The number of carboxylic acid groups (broad SMARTS) is 2. The molecule has 2 rings (SSSR count). The summed E-state index contributed by atoms with van der Waals surface area (Å²) in [5, 5.41) is 42.8. The Hall–Kier alpha value is -2.50. The molecule has 0 spiro atoms. The normalized spacial score (nSPS) is 12.2. The van der Waals surface area contributed by atoms with Crippen molar-refractivity contribution in [1.29, 1.82) is 0 Å². The molecule has 0 heterocycles. The number of hydrogen-bond donors (Lipinski definition) is 2. The molecule has 37 heavy (non-hydrogen) atoms. The van der Waals surface area contributed by atoms with E-state index in [1.54, 1.807) is 12.1 Å². The van der Waals surface area contributed by atoms with Crippen LogP contribution in [0.5, 0.6) is 11.5 Å². The van der Waals surface area contributed by atoms with Crippen molar-refractivity contribution in [3.8, 4) is 11.5 Å². The number of carboxylic acids is 2. The second kappa shape index (κ2) is 11.5. The molecular weight excluding hydrogens is 512 g/mol. The molecule has 2 aromatic rings. The molecule has 0 unspecified atom stereocenters. The zero-order valence-corrected chi connectivity index (χ0v) is 25.3. The standard InChI is InChI=1S/2C15H22O3.Fe/c2*1-14(2,3)10-8-7-9(13(17)18)12(16)11(10)15(4,5)6;/h2*7-8,16H,1-6H3,(H,17,18);/q;;+2/p-2. The maximum atomic E-state index is 12.3. The third-order valence-electron chi connectivity index (χ3n) is 5.89. The van der Waals surface area contributed by atoms with Gasteiger partial charge in [0.25, 0.3) is 0 Å². The molecule has 0 bridgehead atoms. The first-order chi connectivity index (χ1) is 15.9. The minimum absolute atomic E-state index is 0. The van der Waals surface area contributed by atoms with Gasteiger partial charge < -0.3 is 20.4 Å². The van der Waals surface area contributed by atoms with Crippen LogP contribution in [-0.4, -0.2) is 22.2 Å². The molecule has 0 aliphatic carbocycles. The van der Waals surface area contributed by atoms with Crippen LogP contribution >= 0.6 is 0 Å². The molecule has 0 aromatic heterocycles. The molecule has 2 aromatic carbocycles. The van der Waals surface area contributed by atoms with Crippen LogP contribution in [0.15, 0.2) is 24.3 Å². The Kier molecular flexibility index (Phi) is 10.7. The van der Waals surface area contributed by atoms with Gasteiger partial charge in [0.1, 0.15) is 0 Å². The van der Waals surface area contributed by atoms with Crippen molar-refractivity contribution >= 4 is 11.9 Å². The van der Waals surface area contributed by atoms with Crippen molar-refractivity contribution in [2.24, 2.45) is 0 Å². The molecule has 0 fully saturated rings. The maximum Gasteiger partial charge on any atom is 2.00 e. The summed E-state index contributed by atoms with van der Waals surface area (Å²) >= 11 is 0. The number of aromatic carboxylic acids is 2. The summed E-state index contributed by atoms with van der Waals surface area (Å²) in [7, 11) is 0. The number of rotatable bonds is 2. The Labute approximate surface area is 232 Å².